The molecule has 0 bridgehead atoms. The Morgan fingerprint density at radius 1 is 1.35 bits per heavy atom. The molecule has 2 aliphatic heterocycles. The number of nitrogens with one attached hydrogen (secondary N) is 1. The van der Waals surface area contributed by atoms with Crippen molar-refractivity contribution in [1.29, 1.82) is 0 Å². The lowest BCUT2D eigenvalue weighted by molar-refractivity contribution is -0.146. The zero-order valence-corrected chi connectivity index (χ0v) is 11.8. The number of rotatable bonds is 3. The molecule has 2 saturated heterocycles. The van der Waals surface area contributed by atoms with Crippen LogP contribution in [-0.4, -0.2) is 77.4 Å². The second kappa shape index (κ2) is 6.41. The SMILES string of the molecule is CN1CCCC2CN(C(=O)NCC(O)C(=O)O)CCC21. The van der Waals surface area contributed by atoms with Crippen molar-refractivity contribution in [2.24, 2.45) is 5.92 Å². The molecule has 2 amide bonds. The minimum Gasteiger partial charge on any atom is -0.479 e. The molecule has 0 saturated carbocycles. The van der Waals surface area contributed by atoms with E-state index in [0.717, 1.165) is 25.8 Å². The van der Waals surface area contributed by atoms with Crippen molar-refractivity contribution in [3.63, 3.8) is 0 Å². The van der Waals surface area contributed by atoms with Crippen LogP contribution < -0.4 is 5.32 Å². The van der Waals surface area contributed by atoms with Gasteiger partial charge in [0.2, 0.25) is 0 Å². The number of piperidine rings is 2. The molecule has 2 heterocycles. The van der Waals surface area contributed by atoms with Gasteiger partial charge in [-0.25, -0.2) is 9.59 Å². The first-order chi connectivity index (χ1) is 9.49. The fraction of sp³-hybridized carbons (Fsp3) is 0.846. The minimum atomic E-state index is -1.54. The Morgan fingerprint density at radius 2 is 2.10 bits per heavy atom. The van der Waals surface area contributed by atoms with Gasteiger partial charge >= 0.3 is 12.0 Å². The Hall–Kier alpha value is -1.34. The van der Waals surface area contributed by atoms with E-state index in [1.807, 2.05) is 0 Å². The van der Waals surface area contributed by atoms with E-state index in [1.165, 1.54) is 0 Å². The number of carboxylic acids is 1. The van der Waals surface area contributed by atoms with Crippen LogP contribution in [0.5, 0.6) is 0 Å². The summed E-state index contributed by atoms with van der Waals surface area (Å²) < 4.78 is 0. The van der Waals surface area contributed by atoms with E-state index < -0.39 is 12.1 Å². The lowest BCUT2D eigenvalue weighted by Crippen LogP contribution is -2.56. The Morgan fingerprint density at radius 3 is 2.80 bits per heavy atom. The molecule has 7 nitrogen and oxygen atoms in total. The number of hydrogen-bond donors (Lipinski definition) is 3. The quantitative estimate of drug-likeness (QED) is 0.653. The second-order valence-electron chi connectivity index (χ2n) is 5.73. The van der Waals surface area contributed by atoms with Gasteiger partial charge in [-0.15, -0.1) is 0 Å². The largest absolute Gasteiger partial charge is 0.479 e. The van der Waals surface area contributed by atoms with Crippen LogP contribution in [0.1, 0.15) is 19.3 Å². The first-order valence-corrected chi connectivity index (χ1v) is 7.13. The summed E-state index contributed by atoms with van der Waals surface area (Å²) >= 11 is 0. The number of nitrogens with zero attached hydrogens (tertiary/aromatic N) is 2. The number of fused-ring (bicyclic) bond motifs is 1. The summed E-state index contributed by atoms with van der Waals surface area (Å²) in [5, 5.41) is 20.2. The summed E-state index contributed by atoms with van der Waals surface area (Å²) in [5.41, 5.74) is 0. The van der Waals surface area contributed by atoms with Gasteiger partial charge in [0, 0.05) is 19.1 Å². The number of carbonyl (C=O) groups is 2. The van der Waals surface area contributed by atoms with E-state index in [0.29, 0.717) is 25.0 Å². The average molecular weight is 285 g/mol. The topological polar surface area (TPSA) is 93.1 Å². The normalized spacial score (nSPS) is 28.6. The number of aliphatic hydroxyl groups excluding tert-OH is 1. The molecule has 2 aliphatic rings. The molecule has 20 heavy (non-hydrogen) atoms. The third-order valence-corrected chi connectivity index (χ3v) is 4.36. The lowest BCUT2D eigenvalue weighted by Gasteiger charge is -2.45. The fourth-order valence-electron chi connectivity index (χ4n) is 3.22. The van der Waals surface area contributed by atoms with Crippen molar-refractivity contribution < 1.29 is 19.8 Å². The third-order valence-electron chi connectivity index (χ3n) is 4.36. The summed E-state index contributed by atoms with van der Waals surface area (Å²) in [6.07, 6.45) is 1.70. The van der Waals surface area contributed by atoms with E-state index in [4.69, 9.17) is 10.2 Å². The number of aliphatic hydroxyl groups is 1. The molecule has 2 fully saturated rings. The number of urea groups is 1. The van der Waals surface area contributed by atoms with E-state index in [2.05, 4.69) is 17.3 Å². The van der Waals surface area contributed by atoms with Crippen LogP contribution in [0, 0.1) is 5.92 Å². The van der Waals surface area contributed by atoms with Crippen LogP contribution in [0.25, 0.3) is 0 Å². The number of likely N-dealkylation sites (tertiary alicyclic amines) is 2. The summed E-state index contributed by atoms with van der Waals surface area (Å²) in [6, 6.07) is 0.273. The monoisotopic (exact) mass is 285 g/mol. The lowest BCUT2D eigenvalue weighted by atomic mass is 9.84. The van der Waals surface area contributed by atoms with Gasteiger partial charge in [-0.2, -0.15) is 0 Å². The zero-order chi connectivity index (χ0) is 14.7. The molecule has 7 heteroatoms. The first kappa shape index (κ1) is 15.1. The van der Waals surface area contributed by atoms with E-state index in [1.54, 1.807) is 4.90 Å². The molecule has 0 radical (unpaired) electrons. The molecular formula is C13H23N3O4. The Kier molecular flexibility index (Phi) is 4.82. The van der Waals surface area contributed by atoms with Crippen molar-refractivity contribution >= 4 is 12.0 Å². The maximum Gasteiger partial charge on any atom is 0.334 e. The molecule has 3 N–H and O–H groups in total. The summed E-state index contributed by atoms with van der Waals surface area (Å²) in [7, 11) is 2.13. The van der Waals surface area contributed by atoms with Crippen LogP contribution >= 0.6 is 0 Å². The molecule has 0 aromatic heterocycles. The van der Waals surface area contributed by atoms with Gasteiger partial charge in [-0.1, -0.05) is 0 Å². The highest BCUT2D eigenvalue weighted by Crippen LogP contribution is 2.29. The number of carboxylic acid groups (broad SMARTS) is 1. The summed E-state index contributed by atoms with van der Waals surface area (Å²) in [4.78, 5) is 26.6. The van der Waals surface area contributed by atoms with E-state index in [9.17, 15) is 9.59 Å². The maximum atomic E-state index is 12.0. The predicted molar refractivity (Wildman–Crippen MR) is 72.4 cm³/mol. The fourth-order valence-corrected chi connectivity index (χ4v) is 3.22. The number of hydrogen-bond acceptors (Lipinski definition) is 4. The maximum absolute atomic E-state index is 12.0. The van der Waals surface area contributed by atoms with Crippen LogP contribution in [0.3, 0.4) is 0 Å². The van der Waals surface area contributed by atoms with Crippen molar-refractivity contribution in [2.45, 2.75) is 31.4 Å². The van der Waals surface area contributed by atoms with Gasteiger partial charge in [0.05, 0.1) is 6.54 Å². The Bertz CT molecular complexity index is 377. The van der Waals surface area contributed by atoms with Crippen molar-refractivity contribution in [3.05, 3.63) is 0 Å². The predicted octanol–water partition coefficient (Wildman–Crippen LogP) is -0.442. The molecule has 114 valence electrons. The van der Waals surface area contributed by atoms with Gasteiger partial charge in [0.15, 0.2) is 6.10 Å². The number of carbonyl (C=O) groups excluding carboxylic acids is 1. The van der Waals surface area contributed by atoms with E-state index >= 15 is 0 Å². The molecule has 2 rings (SSSR count). The number of amides is 2. The van der Waals surface area contributed by atoms with Gasteiger partial charge in [0.1, 0.15) is 0 Å². The van der Waals surface area contributed by atoms with E-state index in [-0.39, 0.29) is 12.6 Å². The molecule has 3 unspecified atom stereocenters. The van der Waals surface area contributed by atoms with Crippen LogP contribution in [-0.2, 0) is 4.79 Å². The van der Waals surface area contributed by atoms with Gasteiger partial charge in [-0.3, -0.25) is 0 Å². The summed E-state index contributed by atoms with van der Waals surface area (Å²) in [5.74, 6) is -0.824. The first-order valence-electron chi connectivity index (χ1n) is 7.13. The highest BCUT2D eigenvalue weighted by Gasteiger charge is 2.35. The molecule has 0 spiro atoms. The van der Waals surface area contributed by atoms with Gasteiger partial charge < -0.3 is 25.3 Å². The highest BCUT2D eigenvalue weighted by molar-refractivity contribution is 5.76. The van der Waals surface area contributed by atoms with Crippen LogP contribution in [0.4, 0.5) is 4.79 Å². The van der Waals surface area contributed by atoms with Crippen molar-refractivity contribution in [2.75, 3.05) is 33.2 Å². The zero-order valence-electron chi connectivity index (χ0n) is 11.8. The van der Waals surface area contributed by atoms with Crippen LogP contribution in [0.2, 0.25) is 0 Å². The van der Waals surface area contributed by atoms with Crippen molar-refractivity contribution in [1.82, 2.24) is 15.1 Å². The molecule has 0 aromatic carbocycles. The second-order valence-corrected chi connectivity index (χ2v) is 5.73. The molecular weight excluding hydrogens is 262 g/mol. The standard InChI is InChI=1S/C13H23N3O4/c1-15-5-2-3-9-8-16(6-4-10(9)15)13(20)14-7-11(17)12(18)19/h9-11,17H,2-8H2,1H3,(H,14,20)(H,18,19). The van der Waals surface area contributed by atoms with Crippen molar-refractivity contribution in [3.8, 4) is 0 Å². The Balaban J connectivity index is 1.82. The molecule has 0 aromatic rings. The highest BCUT2D eigenvalue weighted by atomic mass is 16.4. The van der Waals surface area contributed by atoms with Crippen LogP contribution in [0.15, 0.2) is 0 Å². The number of aliphatic carboxylic acids is 1. The summed E-state index contributed by atoms with van der Waals surface area (Å²) in [6.45, 7) is 2.27. The smallest absolute Gasteiger partial charge is 0.334 e. The molecule has 0 aliphatic carbocycles. The molecule has 3 atom stereocenters. The van der Waals surface area contributed by atoms with Gasteiger partial charge in [-0.05, 0) is 38.8 Å². The third kappa shape index (κ3) is 3.40. The Labute approximate surface area is 118 Å². The average Bonchev–Trinajstić information content (AvgIpc) is 2.44. The minimum absolute atomic E-state index is 0.251. The van der Waals surface area contributed by atoms with Gasteiger partial charge in [0.25, 0.3) is 0 Å².